The van der Waals surface area contributed by atoms with Gasteiger partial charge in [-0.1, -0.05) is 29.3 Å². The number of hydrogen-bond acceptors (Lipinski definition) is 3. The molecule has 0 amide bonds. The Morgan fingerprint density at radius 3 is 2.62 bits per heavy atom. The van der Waals surface area contributed by atoms with E-state index < -0.39 is 17.7 Å². The molecule has 3 rings (SSSR count). The minimum absolute atomic E-state index is 0.109. The summed E-state index contributed by atoms with van der Waals surface area (Å²) in [5, 5.41) is 10.5. The minimum Gasteiger partial charge on any atom is -0.505 e. The number of rotatable bonds is 2. The summed E-state index contributed by atoms with van der Waals surface area (Å²) < 4.78 is 19.4. The molecule has 0 aliphatic carbocycles. The van der Waals surface area contributed by atoms with E-state index in [-0.39, 0.29) is 17.7 Å². The van der Waals surface area contributed by atoms with Crippen LogP contribution in [-0.2, 0) is 11.2 Å². The number of aldehydes is 1. The van der Waals surface area contributed by atoms with Gasteiger partial charge in [-0.05, 0) is 18.2 Å². The van der Waals surface area contributed by atoms with Crippen molar-refractivity contribution in [2.75, 3.05) is 0 Å². The molecule has 21 heavy (non-hydrogen) atoms. The molecular weight excluding hydrogens is 318 g/mol. The Morgan fingerprint density at radius 2 is 2.00 bits per heavy atom. The van der Waals surface area contributed by atoms with Crippen LogP contribution in [0.5, 0.6) is 11.5 Å². The Bertz CT molecular complexity index is 726. The highest BCUT2D eigenvalue weighted by molar-refractivity contribution is 6.39. The van der Waals surface area contributed by atoms with Gasteiger partial charge >= 0.3 is 0 Å². The van der Waals surface area contributed by atoms with Crippen LogP contribution in [0.4, 0.5) is 4.39 Å². The van der Waals surface area contributed by atoms with Crippen LogP contribution >= 0.6 is 23.2 Å². The van der Waals surface area contributed by atoms with Crippen molar-refractivity contribution >= 4 is 29.5 Å². The van der Waals surface area contributed by atoms with Gasteiger partial charge < -0.3 is 9.84 Å². The molecule has 2 aromatic carbocycles. The van der Waals surface area contributed by atoms with E-state index in [0.717, 1.165) is 6.07 Å². The molecule has 0 fully saturated rings. The van der Waals surface area contributed by atoms with Gasteiger partial charge in [0.25, 0.3) is 0 Å². The van der Waals surface area contributed by atoms with E-state index in [1.165, 1.54) is 0 Å². The first-order chi connectivity index (χ1) is 10.0. The Kier molecular flexibility index (Phi) is 3.51. The number of phenols is 1. The van der Waals surface area contributed by atoms with E-state index in [1.807, 2.05) is 0 Å². The highest BCUT2D eigenvalue weighted by atomic mass is 35.5. The molecule has 0 spiro atoms. The quantitative estimate of drug-likeness (QED) is 0.848. The van der Waals surface area contributed by atoms with Crippen molar-refractivity contribution in [1.29, 1.82) is 0 Å². The normalized spacial score (nSPS) is 16.4. The number of hydrogen-bond donors (Lipinski definition) is 1. The first-order valence-corrected chi connectivity index (χ1v) is 6.89. The van der Waals surface area contributed by atoms with Crippen LogP contribution < -0.4 is 4.74 Å². The molecule has 1 N–H and O–H groups in total. The van der Waals surface area contributed by atoms with E-state index >= 15 is 0 Å². The summed E-state index contributed by atoms with van der Waals surface area (Å²) in [6.07, 6.45) is -0.0416. The number of aromatic hydroxyl groups is 1. The van der Waals surface area contributed by atoms with Crippen molar-refractivity contribution in [3.63, 3.8) is 0 Å². The van der Waals surface area contributed by atoms with Gasteiger partial charge in [0, 0.05) is 23.1 Å². The van der Waals surface area contributed by atoms with Crippen molar-refractivity contribution in [2.45, 2.75) is 12.5 Å². The van der Waals surface area contributed by atoms with Crippen molar-refractivity contribution in [3.05, 3.63) is 45.7 Å². The van der Waals surface area contributed by atoms with Crippen LogP contribution in [0.3, 0.4) is 0 Å². The molecule has 0 saturated heterocycles. The van der Waals surface area contributed by atoms with Crippen molar-refractivity contribution < 1.29 is 19.0 Å². The smallest absolute Gasteiger partial charge is 0.165 e. The first-order valence-electron chi connectivity index (χ1n) is 6.13. The Morgan fingerprint density at radius 1 is 1.33 bits per heavy atom. The maximum absolute atomic E-state index is 13.9. The second kappa shape index (κ2) is 5.20. The van der Waals surface area contributed by atoms with Crippen LogP contribution in [0, 0.1) is 5.82 Å². The van der Waals surface area contributed by atoms with Gasteiger partial charge in [0.15, 0.2) is 24.0 Å². The molecule has 0 aromatic heterocycles. The van der Waals surface area contributed by atoms with Gasteiger partial charge in [0.2, 0.25) is 0 Å². The molecule has 1 atom stereocenters. The lowest BCUT2D eigenvalue weighted by Crippen LogP contribution is -2.13. The predicted molar refractivity (Wildman–Crippen MR) is 77.7 cm³/mol. The maximum Gasteiger partial charge on any atom is 0.165 e. The number of benzene rings is 2. The van der Waals surface area contributed by atoms with E-state index in [0.29, 0.717) is 27.5 Å². The zero-order valence-corrected chi connectivity index (χ0v) is 12.1. The lowest BCUT2D eigenvalue weighted by molar-refractivity contribution is -0.113. The van der Waals surface area contributed by atoms with Crippen LogP contribution in [0.15, 0.2) is 24.3 Å². The summed E-state index contributed by atoms with van der Waals surface area (Å²) in [6, 6.07) is 6.01. The number of carbonyl (C=O) groups excluding carboxylic acids is 1. The zero-order chi connectivity index (χ0) is 15.1. The predicted octanol–water partition coefficient (Wildman–Crippen LogP) is 4.01. The highest BCUT2D eigenvalue weighted by Crippen LogP contribution is 2.47. The number of phenolic OH excluding ortho intramolecular Hbond substituents is 1. The molecule has 1 unspecified atom stereocenters. The van der Waals surface area contributed by atoms with Crippen LogP contribution in [0.2, 0.25) is 10.0 Å². The molecule has 0 saturated carbocycles. The van der Waals surface area contributed by atoms with Crippen molar-refractivity contribution in [2.24, 2.45) is 0 Å². The number of halogens is 3. The molecule has 1 aliphatic heterocycles. The van der Waals surface area contributed by atoms with Gasteiger partial charge in [-0.2, -0.15) is 0 Å². The molecule has 2 aromatic rings. The average molecular weight is 327 g/mol. The first kappa shape index (κ1) is 14.2. The average Bonchev–Trinajstić information content (AvgIpc) is 2.88. The molecule has 108 valence electrons. The van der Waals surface area contributed by atoms with Gasteiger partial charge in [0.1, 0.15) is 5.75 Å². The third kappa shape index (κ3) is 2.24. The van der Waals surface area contributed by atoms with E-state index in [9.17, 15) is 14.3 Å². The van der Waals surface area contributed by atoms with E-state index in [2.05, 4.69) is 0 Å². The summed E-state index contributed by atoms with van der Waals surface area (Å²) in [6.45, 7) is 0. The molecule has 0 radical (unpaired) electrons. The Labute approximate surface area is 129 Å². The maximum atomic E-state index is 13.9. The zero-order valence-electron chi connectivity index (χ0n) is 10.6. The lowest BCUT2D eigenvalue weighted by atomic mass is 9.99. The van der Waals surface area contributed by atoms with E-state index in [4.69, 9.17) is 27.9 Å². The standard InChI is InChI=1S/C15H9Cl2FO3/c16-10-2-1-3-11(17)13(10)8-5-12(18)14(20)9-4-7(6-19)21-15(8)9/h1-3,5-7,20H,4H2. The second-order valence-corrected chi connectivity index (χ2v) is 5.47. The number of fused-ring (bicyclic) bond motifs is 1. The van der Waals surface area contributed by atoms with Gasteiger partial charge in [-0.15, -0.1) is 0 Å². The third-order valence-electron chi connectivity index (χ3n) is 3.36. The van der Waals surface area contributed by atoms with E-state index in [1.54, 1.807) is 18.2 Å². The monoisotopic (exact) mass is 326 g/mol. The van der Waals surface area contributed by atoms with Crippen LogP contribution in [-0.4, -0.2) is 17.5 Å². The summed E-state index contributed by atoms with van der Waals surface area (Å²) in [5.74, 6) is -1.09. The molecule has 3 nitrogen and oxygen atoms in total. The van der Waals surface area contributed by atoms with Crippen molar-refractivity contribution in [3.8, 4) is 22.6 Å². The third-order valence-corrected chi connectivity index (χ3v) is 3.99. The van der Waals surface area contributed by atoms with Crippen molar-refractivity contribution in [1.82, 2.24) is 0 Å². The molecule has 1 aliphatic rings. The summed E-state index contributed by atoms with van der Waals surface area (Å²) in [7, 11) is 0. The fourth-order valence-electron chi connectivity index (χ4n) is 2.41. The molecule has 1 heterocycles. The minimum atomic E-state index is -0.810. The van der Waals surface area contributed by atoms with Gasteiger partial charge in [0.05, 0.1) is 10.0 Å². The number of carbonyl (C=O) groups is 1. The Balaban J connectivity index is 2.29. The summed E-state index contributed by atoms with van der Waals surface area (Å²) >= 11 is 12.3. The largest absolute Gasteiger partial charge is 0.505 e. The fraction of sp³-hybridized carbons (Fsp3) is 0.133. The second-order valence-electron chi connectivity index (χ2n) is 4.66. The fourth-order valence-corrected chi connectivity index (χ4v) is 3.01. The van der Waals surface area contributed by atoms with Gasteiger partial charge in [-0.3, -0.25) is 4.79 Å². The number of ether oxygens (including phenoxy) is 1. The summed E-state index contributed by atoms with van der Waals surface area (Å²) in [4.78, 5) is 10.9. The topological polar surface area (TPSA) is 46.5 Å². The lowest BCUT2D eigenvalue weighted by Gasteiger charge is -2.13. The molecular formula is C15H9Cl2FO3. The SMILES string of the molecule is O=CC1Cc2c(O)c(F)cc(-c3c(Cl)cccc3Cl)c2O1. The highest BCUT2D eigenvalue weighted by Gasteiger charge is 2.31. The molecule has 6 heteroatoms. The van der Waals surface area contributed by atoms with Gasteiger partial charge in [-0.25, -0.2) is 4.39 Å². The summed E-state index contributed by atoms with van der Waals surface area (Å²) in [5.41, 5.74) is 0.973. The Hall–Kier alpha value is -1.78. The van der Waals surface area contributed by atoms with Crippen LogP contribution in [0.1, 0.15) is 5.56 Å². The van der Waals surface area contributed by atoms with Crippen LogP contribution in [0.25, 0.3) is 11.1 Å². The molecule has 0 bridgehead atoms.